The lowest BCUT2D eigenvalue weighted by molar-refractivity contribution is -0.169. The van der Waals surface area contributed by atoms with E-state index in [1.54, 1.807) is 0 Å². The van der Waals surface area contributed by atoms with Gasteiger partial charge in [-0.25, -0.2) is 0 Å². The second-order valence-electron chi connectivity index (χ2n) is 11.5. The first-order valence-corrected chi connectivity index (χ1v) is 17.9. The number of rotatable bonds is 17. The van der Waals surface area contributed by atoms with E-state index in [4.69, 9.17) is 4.74 Å². The third-order valence-corrected chi connectivity index (χ3v) is 14.6. The zero-order valence-corrected chi connectivity index (χ0v) is 25.6. The summed E-state index contributed by atoms with van der Waals surface area (Å²) in [6, 6.07) is 0. The molecule has 0 aromatic rings. The van der Waals surface area contributed by atoms with E-state index in [1.807, 2.05) is 26.8 Å². The molecule has 0 saturated carbocycles. The van der Waals surface area contributed by atoms with Crippen LogP contribution in [0.15, 0.2) is 12.2 Å². The SMILES string of the molecule is CCCCCC/C=C/[C@](C(=O)OC(C)(C)C)([C@@H](I)[Si](C)(C)C)[C@@H](O)CCCCCCCC. The van der Waals surface area contributed by atoms with E-state index in [2.05, 4.69) is 62.2 Å². The van der Waals surface area contributed by atoms with Crippen molar-refractivity contribution >= 4 is 36.6 Å². The topological polar surface area (TPSA) is 46.5 Å². The van der Waals surface area contributed by atoms with Crippen molar-refractivity contribution in [2.45, 2.75) is 147 Å². The van der Waals surface area contributed by atoms with Crippen LogP contribution in [0.2, 0.25) is 19.6 Å². The van der Waals surface area contributed by atoms with Crippen LogP contribution < -0.4 is 0 Å². The number of aliphatic hydroxyl groups excluding tert-OH is 1. The molecule has 0 amide bonds. The number of allylic oxidation sites excluding steroid dienone is 1. The van der Waals surface area contributed by atoms with Gasteiger partial charge in [-0.2, -0.15) is 0 Å². The summed E-state index contributed by atoms with van der Waals surface area (Å²) < 4.78 is 6.01. The lowest BCUT2D eigenvalue weighted by Crippen LogP contribution is -2.57. The van der Waals surface area contributed by atoms with E-state index in [-0.39, 0.29) is 9.52 Å². The van der Waals surface area contributed by atoms with E-state index in [0.717, 1.165) is 25.7 Å². The highest BCUT2D eigenvalue weighted by Crippen LogP contribution is 2.43. The molecule has 0 radical (unpaired) electrons. The molecule has 0 saturated heterocycles. The zero-order valence-electron chi connectivity index (χ0n) is 22.4. The Bertz CT molecular complexity index is 536. The molecule has 0 aliphatic rings. The molecule has 0 aromatic carbocycles. The Morgan fingerprint density at radius 3 is 1.94 bits per heavy atom. The summed E-state index contributed by atoms with van der Waals surface area (Å²) in [6.07, 6.45) is 16.9. The number of esters is 1. The number of carbonyl (C=O) groups is 1. The van der Waals surface area contributed by atoms with Crippen LogP contribution in [-0.4, -0.2) is 34.4 Å². The smallest absolute Gasteiger partial charge is 0.319 e. The van der Waals surface area contributed by atoms with E-state index in [0.29, 0.717) is 6.42 Å². The molecule has 0 rings (SSSR count). The van der Waals surface area contributed by atoms with Gasteiger partial charge in [-0.15, -0.1) is 0 Å². The van der Waals surface area contributed by atoms with Gasteiger partial charge in [0, 0.05) is 3.55 Å². The molecule has 0 spiro atoms. The summed E-state index contributed by atoms with van der Waals surface area (Å²) in [4.78, 5) is 13.7. The van der Waals surface area contributed by atoms with Crippen LogP contribution in [0.25, 0.3) is 0 Å². The van der Waals surface area contributed by atoms with Gasteiger partial charge in [0.05, 0.1) is 14.2 Å². The summed E-state index contributed by atoms with van der Waals surface area (Å²) in [5.74, 6) is -0.255. The Morgan fingerprint density at radius 2 is 1.44 bits per heavy atom. The van der Waals surface area contributed by atoms with Gasteiger partial charge in [0.15, 0.2) is 0 Å². The molecule has 0 aromatic heterocycles. The number of unbranched alkanes of at least 4 members (excludes halogenated alkanes) is 9. The fourth-order valence-corrected chi connectivity index (χ4v) is 6.80. The van der Waals surface area contributed by atoms with Crippen LogP contribution in [0.1, 0.15) is 112 Å². The largest absolute Gasteiger partial charge is 0.459 e. The van der Waals surface area contributed by atoms with Crippen LogP contribution in [-0.2, 0) is 9.53 Å². The van der Waals surface area contributed by atoms with Gasteiger partial charge in [0.25, 0.3) is 0 Å². The zero-order chi connectivity index (χ0) is 24.8. The minimum absolute atomic E-state index is 0.0458. The summed E-state index contributed by atoms with van der Waals surface area (Å²) in [7, 11) is -1.77. The van der Waals surface area contributed by atoms with E-state index >= 15 is 0 Å². The number of hydrogen-bond donors (Lipinski definition) is 1. The maximum absolute atomic E-state index is 13.7. The molecule has 0 fully saturated rings. The minimum atomic E-state index is -1.77. The fraction of sp³-hybridized carbons (Fsp3) is 0.889. The Morgan fingerprint density at radius 1 is 0.938 bits per heavy atom. The van der Waals surface area contributed by atoms with Crippen molar-refractivity contribution in [3.63, 3.8) is 0 Å². The molecular weight excluding hydrogens is 527 g/mol. The number of hydrogen-bond acceptors (Lipinski definition) is 3. The van der Waals surface area contributed by atoms with Crippen molar-refractivity contribution in [3.05, 3.63) is 12.2 Å². The minimum Gasteiger partial charge on any atom is -0.459 e. The third kappa shape index (κ3) is 12.0. The van der Waals surface area contributed by atoms with Crippen LogP contribution in [0.4, 0.5) is 0 Å². The molecule has 0 heterocycles. The summed E-state index contributed by atoms with van der Waals surface area (Å²) in [6.45, 7) is 17.1. The first-order chi connectivity index (χ1) is 14.8. The third-order valence-electron chi connectivity index (χ3n) is 5.93. The summed E-state index contributed by atoms with van der Waals surface area (Å²) in [5, 5.41) is 11.6. The van der Waals surface area contributed by atoms with Gasteiger partial charge in [-0.1, -0.05) is 126 Å². The molecule has 190 valence electrons. The molecule has 32 heavy (non-hydrogen) atoms. The molecule has 1 N–H and O–H groups in total. The number of alkyl halides is 1. The molecule has 0 unspecified atom stereocenters. The van der Waals surface area contributed by atoms with Gasteiger partial charge in [0.1, 0.15) is 11.0 Å². The van der Waals surface area contributed by atoms with Crippen molar-refractivity contribution in [2.24, 2.45) is 5.41 Å². The molecule has 0 bridgehead atoms. The van der Waals surface area contributed by atoms with Crippen LogP contribution in [0, 0.1) is 5.41 Å². The van der Waals surface area contributed by atoms with Gasteiger partial charge in [-0.05, 0) is 40.0 Å². The Labute approximate surface area is 214 Å². The number of ether oxygens (including phenoxy) is 1. The molecule has 5 heteroatoms. The normalized spacial score (nSPS) is 16.7. The Balaban J connectivity index is 5.79. The van der Waals surface area contributed by atoms with Crippen molar-refractivity contribution in [1.82, 2.24) is 0 Å². The molecular formula is C27H53IO3Si. The Hall–Kier alpha value is 0.117. The number of carbonyl (C=O) groups excluding carboxylic acids is 1. The molecule has 0 aliphatic carbocycles. The quantitative estimate of drug-likeness (QED) is 0.0468. The molecule has 0 aliphatic heterocycles. The second kappa shape index (κ2) is 15.9. The number of aliphatic hydroxyl groups is 1. The van der Waals surface area contributed by atoms with Crippen LogP contribution in [0.5, 0.6) is 0 Å². The monoisotopic (exact) mass is 580 g/mol. The first-order valence-electron chi connectivity index (χ1n) is 13.1. The molecule has 3 nitrogen and oxygen atoms in total. The van der Waals surface area contributed by atoms with Crippen molar-refractivity contribution < 1.29 is 14.6 Å². The van der Waals surface area contributed by atoms with Crippen molar-refractivity contribution in [1.29, 1.82) is 0 Å². The van der Waals surface area contributed by atoms with Crippen LogP contribution >= 0.6 is 22.6 Å². The van der Waals surface area contributed by atoms with E-state index < -0.39 is 25.2 Å². The van der Waals surface area contributed by atoms with E-state index in [9.17, 15) is 9.90 Å². The van der Waals surface area contributed by atoms with Crippen molar-refractivity contribution in [3.8, 4) is 0 Å². The summed E-state index contributed by atoms with van der Waals surface area (Å²) >= 11 is 2.45. The highest BCUT2D eigenvalue weighted by atomic mass is 127. The van der Waals surface area contributed by atoms with Crippen LogP contribution in [0.3, 0.4) is 0 Å². The summed E-state index contributed by atoms with van der Waals surface area (Å²) in [5.41, 5.74) is -1.56. The highest BCUT2D eigenvalue weighted by Gasteiger charge is 2.54. The van der Waals surface area contributed by atoms with Crippen molar-refractivity contribution in [2.75, 3.05) is 0 Å². The average molecular weight is 581 g/mol. The maximum Gasteiger partial charge on any atom is 0.319 e. The van der Waals surface area contributed by atoms with E-state index in [1.165, 1.54) is 44.9 Å². The number of halogens is 1. The fourth-order valence-electron chi connectivity index (χ4n) is 4.08. The van der Waals surface area contributed by atoms with Gasteiger partial charge >= 0.3 is 5.97 Å². The standard InChI is InChI=1S/C27H53IO3Si/c1-9-11-13-15-17-19-21-23(29)27(24(28)32(6,7)8,25(30)31-26(3,4)5)22-20-18-16-14-12-10-2/h20,22-24,29H,9-19,21H2,1-8H3/b22-20+/t23-,24-,27+/m0/s1. The maximum atomic E-state index is 13.7. The lowest BCUT2D eigenvalue weighted by atomic mass is 9.80. The second-order valence-corrected chi connectivity index (χ2v) is 19.2. The van der Waals surface area contributed by atoms with Gasteiger partial charge in [0.2, 0.25) is 0 Å². The first kappa shape index (κ1) is 32.1. The predicted molar refractivity (Wildman–Crippen MR) is 151 cm³/mol. The predicted octanol–water partition coefficient (Wildman–Crippen LogP) is 8.63. The molecule has 3 atom stereocenters. The Kier molecular flexibility index (Phi) is 16.0. The van der Waals surface area contributed by atoms with Gasteiger partial charge < -0.3 is 9.84 Å². The lowest BCUT2D eigenvalue weighted by Gasteiger charge is -2.43. The highest BCUT2D eigenvalue weighted by molar-refractivity contribution is 14.1. The average Bonchev–Trinajstić information content (AvgIpc) is 2.67. The van der Waals surface area contributed by atoms with Gasteiger partial charge in [-0.3, -0.25) is 4.79 Å².